The number of aryl methyl sites for hydroxylation is 1. The van der Waals surface area contributed by atoms with Crippen LogP contribution in [0.15, 0.2) is 53.3 Å². The number of aromatic nitrogens is 1. The molecule has 0 amide bonds. The minimum absolute atomic E-state index is 0.0482. The molecule has 1 aromatic heterocycles. The summed E-state index contributed by atoms with van der Waals surface area (Å²) in [6.45, 7) is 6.10. The molecule has 192 valence electrons. The Labute approximate surface area is 220 Å². The number of hydrogen-bond donors (Lipinski definition) is 1. The predicted molar refractivity (Wildman–Crippen MR) is 143 cm³/mol. The molecule has 0 bridgehead atoms. The molecule has 0 fully saturated rings. The lowest BCUT2D eigenvalue weighted by molar-refractivity contribution is 0.00695. The molecule has 9 heteroatoms. The number of carbonyl (C=O) groups excluding carboxylic acids is 1. The topological polar surface area (TPSA) is 78.8 Å². The smallest absolute Gasteiger partial charge is 0.338 e. The number of hydrogen-bond acceptors (Lipinski definition) is 6. The number of carbonyl (C=O) groups is 1. The monoisotopic (exact) mass is 532 g/mol. The summed E-state index contributed by atoms with van der Waals surface area (Å²) in [6, 6.07) is 14.0. The fraction of sp³-hybridized carbons (Fsp3) is 0.333. The number of nitrogens with zero attached hydrogens (tertiary/aromatic N) is 1. The second-order valence-electron chi connectivity index (χ2n) is 9.15. The fourth-order valence-electron chi connectivity index (χ4n) is 3.53. The van der Waals surface area contributed by atoms with Crippen LogP contribution in [0.4, 0.5) is 5.69 Å². The molecule has 0 atom stereocenters. The maximum absolute atomic E-state index is 12.9. The molecular weight excluding hydrogens is 503 g/mol. The highest BCUT2D eigenvalue weighted by Gasteiger charge is 2.18. The third kappa shape index (κ3) is 7.18. The van der Waals surface area contributed by atoms with E-state index in [9.17, 15) is 9.59 Å². The molecule has 0 spiro atoms. The number of ether oxygens (including phenoxy) is 3. The summed E-state index contributed by atoms with van der Waals surface area (Å²) in [6.07, 6.45) is 0.533. The largest absolute Gasteiger partial charge is 0.497 e. The van der Waals surface area contributed by atoms with Gasteiger partial charge in [0.2, 0.25) is 0 Å². The van der Waals surface area contributed by atoms with Crippen molar-refractivity contribution in [2.45, 2.75) is 45.9 Å². The summed E-state index contributed by atoms with van der Waals surface area (Å²) in [7, 11) is 3.15. The van der Waals surface area contributed by atoms with Crippen molar-refractivity contribution >= 4 is 34.9 Å². The lowest BCUT2D eigenvalue weighted by Crippen LogP contribution is -2.26. The third-order valence-corrected chi connectivity index (χ3v) is 5.93. The quantitative estimate of drug-likeness (QED) is 0.341. The van der Waals surface area contributed by atoms with Crippen LogP contribution in [0.5, 0.6) is 11.5 Å². The van der Waals surface area contributed by atoms with Gasteiger partial charge in [-0.3, -0.25) is 4.79 Å². The van der Waals surface area contributed by atoms with E-state index >= 15 is 0 Å². The van der Waals surface area contributed by atoms with Gasteiger partial charge in [0.05, 0.1) is 37.0 Å². The number of nitrogens with one attached hydrogen (secondary N) is 1. The van der Waals surface area contributed by atoms with Crippen molar-refractivity contribution in [3.8, 4) is 11.5 Å². The van der Waals surface area contributed by atoms with Gasteiger partial charge in [0.1, 0.15) is 22.1 Å². The lowest BCUT2D eigenvalue weighted by Gasteiger charge is -2.19. The Kier molecular flexibility index (Phi) is 8.93. The lowest BCUT2D eigenvalue weighted by atomic mass is 10.1. The first-order chi connectivity index (χ1) is 17.0. The van der Waals surface area contributed by atoms with Gasteiger partial charge in [0, 0.05) is 30.4 Å². The Balaban J connectivity index is 1.78. The van der Waals surface area contributed by atoms with E-state index in [1.54, 1.807) is 37.0 Å². The van der Waals surface area contributed by atoms with Crippen LogP contribution in [0.3, 0.4) is 0 Å². The molecular formula is C27H30Cl2N2O5. The third-order valence-electron chi connectivity index (χ3n) is 5.33. The van der Waals surface area contributed by atoms with Crippen molar-refractivity contribution in [3.05, 3.63) is 85.8 Å². The molecule has 0 aliphatic carbocycles. The molecule has 0 unspecified atom stereocenters. The van der Waals surface area contributed by atoms with Gasteiger partial charge in [-0.1, -0.05) is 35.3 Å². The second kappa shape index (κ2) is 11.7. The molecule has 1 heterocycles. The Morgan fingerprint density at radius 2 is 1.56 bits per heavy atom. The van der Waals surface area contributed by atoms with Gasteiger partial charge in [-0.2, -0.15) is 0 Å². The summed E-state index contributed by atoms with van der Waals surface area (Å²) < 4.78 is 17.6. The molecule has 0 radical (unpaired) electrons. The van der Waals surface area contributed by atoms with Gasteiger partial charge >= 0.3 is 5.97 Å². The Bertz CT molecular complexity index is 1260. The van der Waals surface area contributed by atoms with E-state index in [0.29, 0.717) is 40.7 Å². The number of rotatable bonds is 9. The summed E-state index contributed by atoms with van der Waals surface area (Å²) in [5.74, 6) is 0.881. The number of esters is 1. The molecule has 36 heavy (non-hydrogen) atoms. The van der Waals surface area contributed by atoms with Gasteiger partial charge < -0.3 is 24.1 Å². The molecule has 0 aliphatic heterocycles. The maximum Gasteiger partial charge on any atom is 0.338 e. The molecule has 2 aromatic carbocycles. The standard InChI is InChI=1S/C27H30Cl2N2O5/c1-27(2,3)36-26(33)18-8-6-17(7-9-18)10-11-31-24(22(28)15-23(29)25(31)32)16-30-19-12-20(34-4)14-21(13-19)35-5/h6-9,12-15,30H,10-11,16H2,1-5H3. The Morgan fingerprint density at radius 1 is 0.944 bits per heavy atom. The summed E-state index contributed by atoms with van der Waals surface area (Å²) >= 11 is 12.7. The zero-order valence-corrected chi connectivity index (χ0v) is 22.5. The van der Waals surface area contributed by atoms with Crippen molar-refractivity contribution in [1.82, 2.24) is 4.57 Å². The Morgan fingerprint density at radius 3 is 2.11 bits per heavy atom. The van der Waals surface area contributed by atoms with Crippen LogP contribution in [0.2, 0.25) is 10.0 Å². The first-order valence-electron chi connectivity index (χ1n) is 11.4. The minimum atomic E-state index is -0.566. The van der Waals surface area contributed by atoms with E-state index in [0.717, 1.165) is 11.3 Å². The molecule has 0 saturated heterocycles. The molecule has 1 N–H and O–H groups in total. The van der Waals surface area contributed by atoms with Crippen LogP contribution in [-0.4, -0.2) is 30.4 Å². The van der Waals surface area contributed by atoms with Gasteiger partial charge in [-0.15, -0.1) is 0 Å². The van der Waals surface area contributed by atoms with E-state index in [2.05, 4.69) is 5.32 Å². The average molecular weight is 533 g/mol. The molecule has 3 aromatic rings. The van der Waals surface area contributed by atoms with E-state index in [4.69, 9.17) is 37.4 Å². The number of methoxy groups -OCH3 is 2. The van der Waals surface area contributed by atoms with E-state index in [-0.39, 0.29) is 23.1 Å². The number of anilines is 1. The van der Waals surface area contributed by atoms with Crippen LogP contribution >= 0.6 is 23.2 Å². The highest BCUT2D eigenvalue weighted by atomic mass is 35.5. The van der Waals surface area contributed by atoms with E-state index < -0.39 is 5.60 Å². The van der Waals surface area contributed by atoms with Crippen molar-refractivity contribution in [2.75, 3.05) is 19.5 Å². The zero-order valence-electron chi connectivity index (χ0n) is 21.0. The Hall–Kier alpha value is -3.16. The molecule has 0 aliphatic rings. The first-order valence-corrected chi connectivity index (χ1v) is 12.1. The molecule has 0 saturated carbocycles. The second-order valence-corrected chi connectivity index (χ2v) is 9.96. The van der Waals surface area contributed by atoms with Crippen molar-refractivity contribution < 1.29 is 19.0 Å². The van der Waals surface area contributed by atoms with Gasteiger partial charge in [-0.05, 0) is 51.0 Å². The van der Waals surface area contributed by atoms with Crippen LogP contribution in [0.1, 0.15) is 42.4 Å². The first kappa shape index (κ1) is 27.4. The van der Waals surface area contributed by atoms with Crippen LogP contribution in [0.25, 0.3) is 0 Å². The highest BCUT2D eigenvalue weighted by Crippen LogP contribution is 2.27. The molecule has 7 nitrogen and oxygen atoms in total. The van der Waals surface area contributed by atoms with E-state index in [1.165, 1.54) is 6.07 Å². The summed E-state index contributed by atoms with van der Waals surface area (Å²) in [5.41, 5.74) is 1.86. The van der Waals surface area contributed by atoms with Crippen molar-refractivity contribution in [3.63, 3.8) is 0 Å². The van der Waals surface area contributed by atoms with Crippen LogP contribution in [-0.2, 0) is 24.2 Å². The van der Waals surface area contributed by atoms with Gasteiger partial charge in [0.15, 0.2) is 0 Å². The number of halogens is 2. The van der Waals surface area contributed by atoms with Crippen LogP contribution in [0, 0.1) is 0 Å². The fourth-order valence-corrected chi connectivity index (χ4v) is 4.08. The van der Waals surface area contributed by atoms with E-state index in [1.807, 2.05) is 45.0 Å². The number of pyridine rings is 1. The average Bonchev–Trinajstić information content (AvgIpc) is 2.83. The van der Waals surface area contributed by atoms with Crippen molar-refractivity contribution in [1.29, 1.82) is 0 Å². The maximum atomic E-state index is 12.9. The number of benzene rings is 2. The summed E-state index contributed by atoms with van der Waals surface area (Å²) in [5, 5.41) is 3.70. The van der Waals surface area contributed by atoms with Crippen LogP contribution < -0.4 is 20.3 Å². The summed E-state index contributed by atoms with van der Waals surface area (Å²) in [4.78, 5) is 25.2. The zero-order chi connectivity index (χ0) is 26.5. The van der Waals surface area contributed by atoms with Crippen molar-refractivity contribution in [2.24, 2.45) is 0 Å². The molecule has 3 rings (SSSR count). The SMILES string of the molecule is COc1cc(NCc2c(Cl)cc(Cl)c(=O)n2CCc2ccc(C(=O)OC(C)(C)C)cc2)cc(OC)c1. The van der Waals surface area contributed by atoms with Gasteiger partial charge in [-0.25, -0.2) is 4.79 Å². The predicted octanol–water partition coefficient (Wildman–Crippen LogP) is 5.98. The minimum Gasteiger partial charge on any atom is -0.497 e. The highest BCUT2D eigenvalue weighted by molar-refractivity contribution is 6.34. The normalized spacial score (nSPS) is 11.2. The van der Waals surface area contributed by atoms with Gasteiger partial charge in [0.25, 0.3) is 5.56 Å².